The highest BCUT2D eigenvalue weighted by atomic mass is 16.5. The molecule has 4 rings (SSSR count). The summed E-state index contributed by atoms with van der Waals surface area (Å²) in [7, 11) is 0. The second-order valence-electron chi connectivity index (χ2n) is 5.63. The van der Waals surface area contributed by atoms with Crippen molar-refractivity contribution in [3.63, 3.8) is 0 Å². The lowest BCUT2D eigenvalue weighted by Crippen LogP contribution is -2.30. The number of nitrogens with one attached hydrogen (secondary N) is 2. The number of fused-ring (bicyclic) bond motifs is 1. The number of hydrogen-bond donors (Lipinski definition) is 2. The molecule has 0 spiro atoms. The van der Waals surface area contributed by atoms with Crippen LogP contribution in [-0.2, 0) is 4.74 Å². The summed E-state index contributed by atoms with van der Waals surface area (Å²) < 4.78 is 11.0. The SMILES string of the molecule is O=C(N[C@H]1COc2ccccc21)c1cn[nH]c1[C@@H]1CCOC1. The smallest absolute Gasteiger partial charge is 0.255 e. The Morgan fingerprint density at radius 3 is 3.09 bits per heavy atom. The molecule has 1 fully saturated rings. The molecule has 2 aliphatic rings. The molecule has 6 nitrogen and oxygen atoms in total. The van der Waals surface area contributed by atoms with Gasteiger partial charge >= 0.3 is 0 Å². The third-order valence-corrected chi connectivity index (χ3v) is 4.26. The lowest BCUT2D eigenvalue weighted by molar-refractivity contribution is 0.0929. The average Bonchev–Trinajstić information content (AvgIpc) is 3.27. The highest BCUT2D eigenvalue weighted by Gasteiger charge is 2.29. The van der Waals surface area contributed by atoms with E-state index in [4.69, 9.17) is 9.47 Å². The Kier molecular flexibility index (Phi) is 3.31. The average molecular weight is 299 g/mol. The third kappa shape index (κ3) is 2.25. The van der Waals surface area contributed by atoms with Gasteiger partial charge in [-0.1, -0.05) is 18.2 Å². The highest BCUT2D eigenvalue weighted by Crippen LogP contribution is 2.32. The molecule has 1 aromatic heterocycles. The van der Waals surface area contributed by atoms with Gasteiger partial charge in [-0.05, 0) is 12.5 Å². The number of carbonyl (C=O) groups excluding carboxylic acids is 1. The van der Waals surface area contributed by atoms with Crippen LogP contribution >= 0.6 is 0 Å². The van der Waals surface area contributed by atoms with Gasteiger partial charge in [0.2, 0.25) is 0 Å². The first kappa shape index (κ1) is 13.3. The van der Waals surface area contributed by atoms with Crippen molar-refractivity contribution in [2.75, 3.05) is 19.8 Å². The summed E-state index contributed by atoms with van der Waals surface area (Å²) in [6.45, 7) is 1.83. The van der Waals surface area contributed by atoms with Gasteiger partial charge in [0.1, 0.15) is 12.4 Å². The fraction of sp³-hybridized carbons (Fsp3) is 0.375. The van der Waals surface area contributed by atoms with Gasteiger partial charge in [0, 0.05) is 18.1 Å². The molecule has 0 aliphatic carbocycles. The zero-order chi connectivity index (χ0) is 14.9. The van der Waals surface area contributed by atoms with Gasteiger partial charge < -0.3 is 14.8 Å². The minimum atomic E-state index is -0.124. The van der Waals surface area contributed by atoms with Crippen LogP contribution in [0.25, 0.3) is 0 Å². The molecule has 2 N–H and O–H groups in total. The first-order valence-electron chi connectivity index (χ1n) is 7.46. The van der Waals surface area contributed by atoms with Gasteiger partial charge in [0.25, 0.3) is 5.91 Å². The predicted octanol–water partition coefficient (Wildman–Crippen LogP) is 1.78. The number of aromatic amines is 1. The van der Waals surface area contributed by atoms with E-state index in [0.29, 0.717) is 18.8 Å². The van der Waals surface area contributed by atoms with Crippen molar-refractivity contribution in [3.8, 4) is 5.75 Å². The van der Waals surface area contributed by atoms with Crippen LogP contribution in [-0.4, -0.2) is 35.9 Å². The van der Waals surface area contributed by atoms with Crippen molar-refractivity contribution in [2.24, 2.45) is 0 Å². The Labute approximate surface area is 127 Å². The minimum Gasteiger partial charge on any atom is -0.491 e. The Balaban J connectivity index is 1.53. The van der Waals surface area contributed by atoms with Crippen molar-refractivity contribution in [2.45, 2.75) is 18.4 Å². The van der Waals surface area contributed by atoms with E-state index in [9.17, 15) is 4.79 Å². The summed E-state index contributed by atoms with van der Waals surface area (Å²) in [6, 6.07) is 7.66. The number of H-pyrrole nitrogens is 1. The van der Waals surface area contributed by atoms with Crippen LogP contribution in [0.5, 0.6) is 5.75 Å². The van der Waals surface area contributed by atoms with Gasteiger partial charge in [0.15, 0.2) is 0 Å². The number of benzene rings is 1. The minimum absolute atomic E-state index is 0.119. The van der Waals surface area contributed by atoms with E-state index in [1.54, 1.807) is 6.20 Å². The summed E-state index contributed by atoms with van der Waals surface area (Å²) >= 11 is 0. The monoisotopic (exact) mass is 299 g/mol. The molecule has 2 aromatic rings. The second kappa shape index (κ2) is 5.46. The molecule has 6 heteroatoms. The van der Waals surface area contributed by atoms with Crippen LogP contribution in [0.1, 0.15) is 40.0 Å². The molecular weight excluding hydrogens is 282 g/mol. The number of aromatic nitrogens is 2. The zero-order valence-corrected chi connectivity index (χ0v) is 12.0. The maximum absolute atomic E-state index is 12.6. The van der Waals surface area contributed by atoms with E-state index >= 15 is 0 Å². The van der Waals surface area contributed by atoms with Crippen LogP contribution in [0.4, 0.5) is 0 Å². The highest BCUT2D eigenvalue weighted by molar-refractivity contribution is 5.95. The summed E-state index contributed by atoms with van der Waals surface area (Å²) in [5, 5.41) is 10.0. The normalized spacial score (nSPS) is 23.1. The van der Waals surface area contributed by atoms with E-state index in [0.717, 1.165) is 30.0 Å². The molecule has 22 heavy (non-hydrogen) atoms. The first-order chi connectivity index (χ1) is 10.8. The van der Waals surface area contributed by atoms with Crippen molar-refractivity contribution in [3.05, 3.63) is 47.3 Å². The van der Waals surface area contributed by atoms with Crippen LogP contribution in [0.15, 0.2) is 30.5 Å². The molecular formula is C16H17N3O3. The molecule has 1 amide bonds. The van der Waals surface area contributed by atoms with E-state index < -0.39 is 0 Å². The Hall–Kier alpha value is -2.34. The zero-order valence-electron chi connectivity index (χ0n) is 12.0. The largest absolute Gasteiger partial charge is 0.491 e. The summed E-state index contributed by atoms with van der Waals surface area (Å²) in [4.78, 5) is 12.6. The van der Waals surface area contributed by atoms with Gasteiger partial charge in [-0.2, -0.15) is 5.10 Å². The van der Waals surface area contributed by atoms with Crippen molar-refractivity contribution in [1.82, 2.24) is 15.5 Å². The number of carbonyl (C=O) groups is 1. The van der Waals surface area contributed by atoms with Gasteiger partial charge in [-0.15, -0.1) is 0 Å². The third-order valence-electron chi connectivity index (χ3n) is 4.26. The fourth-order valence-corrected chi connectivity index (χ4v) is 3.07. The van der Waals surface area contributed by atoms with Crippen LogP contribution < -0.4 is 10.1 Å². The topological polar surface area (TPSA) is 76.2 Å². The molecule has 2 aliphatic heterocycles. The molecule has 0 radical (unpaired) electrons. The fourth-order valence-electron chi connectivity index (χ4n) is 3.07. The molecule has 1 saturated heterocycles. The van der Waals surface area contributed by atoms with Gasteiger partial charge in [-0.3, -0.25) is 9.89 Å². The maximum atomic E-state index is 12.6. The molecule has 0 unspecified atom stereocenters. The Bertz CT molecular complexity index is 691. The standard InChI is InChI=1S/C16H17N3O3/c20-16(12-7-17-19-15(12)10-5-6-21-8-10)18-13-9-22-14-4-2-1-3-11(13)14/h1-4,7,10,13H,5-6,8-9H2,(H,17,19)(H,18,20)/t10-,13+/m1/s1. The number of para-hydroxylation sites is 1. The number of ether oxygens (including phenoxy) is 2. The van der Waals surface area contributed by atoms with E-state index in [1.807, 2.05) is 24.3 Å². The molecule has 114 valence electrons. The van der Waals surface area contributed by atoms with E-state index in [1.165, 1.54) is 0 Å². The Morgan fingerprint density at radius 2 is 2.23 bits per heavy atom. The summed E-state index contributed by atoms with van der Waals surface area (Å²) in [6.07, 6.45) is 2.50. The van der Waals surface area contributed by atoms with Gasteiger partial charge in [0.05, 0.1) is 30.1 Å². The van der Waals surface area contributed by atoms with Gasteiger partial charge in [-0.25, -0.2) is 0 Å². The van der Waals surface area contributed by atoms with Crippen LogP contribution in [0, 0.1) is 0 Å². The van der Waals surface area contributed by atoms with Crippen molar-refractivity contribution in [1.29, 1.82) is 0 Å². The van der Waals surface area contributed by atoms with Crippen molar-refractivity contribution < 1.29 is 14.3 Å². The van der Waals surface area contributed by atoms with E-state index in [-0.39, 0.29) is 17.9 Å². The number of hydrogen-bond acceptors (Lipinski definition) is 4. The predicted molar refractivity (Wildman–Crippen MR) is 78.9 cm³/mol. The lowest BCUT2D eigenvalue weighted by atomic mass is 10.0. The Morgan fingerprint density at radius 1 is 1.32 bits per heavy atom. The quantitative estimate of drug-likeness (QED) is 0.905. The molecule has 2 atom stereocenters. The molecule has 1 aromatic carbocycles. The number of rotatable bonds is 3. The number of amides is 1. The molecule has 0 saturated carbocycles. The maximum Gasteiger partial charge on any atom is 0.255 e. The van der Waals surface area contributed by atoms with Crippen molar-refractivity contribution >= 4 is 5.91 Å². The number of nitrogens with zero attached hydrogens (tertiary/aromatic N) is 1. The summed E-state index contributed by atoms with van der Waals surface area (Å²) in [5.41, 5.74) is 2.48. The van der Waals surface area contributed by atoms with Crippen LogP contribution in [0.2, 0.25) is 0 Å². The second-order valence-corrected chi connectivity index (χ2v) is 5.63. The van der Waals surface area contributed by atoms with E-state index in [2.05, 4.69) is 15.5 Å². The summed E-state index contributed by atoms with van der Waals surface area (Å²) in [5.74, 6) is 0.931. The van der Waals surface area contributed by atoms with Crippen LogP contribution in [0.3, 0.4) is 0 Å². The lowest BCUT2D eigenvalue weighted by Gasteiger charge is -2.13. The first-order valence-corrected chi connectivity index (χ1v) is 7.46. The molecule has 3 heterocycles. The molecule has 0 bridgehead atoms.